The molecule has 2 aromatic carbocycles. The molecule has 0 atom stereocenters. The monoisotopic (exact) mass is 479 g/mol. The van der Waals surface area contributed by atoms with Gasteiger partial charge in [-0.1, -0.05) is 12.1 Å². The van der Waals surface area contributed by atoms with E-state index in [0.29, 0.717) is 16.8 Å². The lowest BCUT2D eigenvalue weighted by atomic mass is 10.0. The van der Waals surface area contributed by atoms with Gasteiger partial charge in [-0.25, -0.2) is 17.6 Å². The van der Waals surface area contributed by atoms with Crippen LogP contribution >= 0.6 is 0 Å². The van der Waals surface area contributed by atoms with Crippen LogP contribution in [0.15, 0.2) is 66.0 Å². The average Bonchev–Trinajstić information content (AvgIpc) is 3.53. The third-order valence-corrected chi connectivity index (χ3v) is 7.38. The highest BCUT2D eigenvalue weighted by Crippen LogP contribution is 2.44. The van der Waals surface area contributed by atoms with Crippen LogP contribution in [-0.2, 0) is 15.6 Å². The van der Waals surface area contributed by atoms with E-state index in [9.17, 15) is 22.7 Å². The third kappa shape index (κ3) is 4.17. The topological polar surface area (TPSA) is 128 Å². The first-order chi connectivity index (χ1) is 16.3. The molecule has 34 heavy (non-hydrogen) atoms. The molecule has 0 bridgehead atoms. The van der Waals surface area contributed by atoms with Crippen molar-refractivity contribution < 1.29 is 22.7 Å². The number of tetrazole rings is 1. The molecule has 0 unspecified atom stereocenters. The fraction of sp³-hybridized carbons (Fsp3) is 0.174. The number of benzene rings is 2. The summed E-state index contributed by atoms with van der Waals surface area (Å²) >= 11 is 0. The van der Waals surface area contributed by atoms with Crippen molar-refractivity contribution in [3.05, 3.63) is 83.6 Å². The van der Waals surface area contributed by atoms with E-state index in [1.54, 1.807) is 24.3 Å². The molecule has 9 nitrogen and oxygen atoms in total. The van der Waals surface area contributed by atoms with E-state index in [-0.39, 0.29) is 27.6 Å². The molecule has 0 radical (unpaired) electrons. The Balaban J connectivity index is 1.66. The Labute approximate surface area is 193 Å². The van der Waals surface area contributed by atoms with Gasteiger partial charge in [0.1, 0.15) is 17.8 Å². The lowest BCUT2D eigenvalue weighted by Gasteiger charge is -2.15. The first-order valence-corrected chi connectivity index (χ1v) is 12.1. The van der Waals surface area contributed by atoms with E-state index < -0.39 is 27.4 Å². The molecule has 2 heterocycles. The van der Waals surface area contributed by atoms with E-state index in [0.717, 1.165) is 17.5 Å². The van der Waals surface area contributed by atoms with Crippen LogP contribution in [0, 0.1) is 5.82 Å². The molecular weight excluding hydrogens is 461 g/mol. The largest absolute Gasteiger partial charge is 0.478 e. The first-order valence-electron chi connectivity index (χ1n) is 10.4. The van der Waals surface area contributed by atoms with E-state index >= 15 is 0 Å². The molecule has 1 aliphatic carbocycles. The summed E-state index contributed by atoms with van der Waals surface area (Å²) in [6.45, 7) is 0. The van der Waals surface area contributed by atoms with Crippen LogP contribution in [0.3, 0.4) is 0 Å². The molecular formula is C23H18FN5O4S. The number of halogens is 1. The lowest BCUT2D eigenvalue weighted by Crippen LogP contribution is -2.12. The van der Waals surface area contributed by atoms with Gasteiger partial charge >= 0.3 is 5.97 Å². The number of carbonyl (C=O) groups is 1. The Morgan fingerprint density at radius 3 is 2.62 bits per heavy atom. The molecule has 4 aromatic rings. The SMILES string of the molecule is O=C(O)c1ccc(C2CC2)c(S(=O)(=O)Cc2cc(-n3cnnn3)c(F)cc2-c2ccccn2)c1. The van der Waals surface area contributed by atoms with Gasteiger partial charge in [0.2, 0.25) is 0 Å². The van der Waals surface area contributed by atoms with Crippen molar-refractivity contribution in [3.8, 4) is 16.9 Å². The number of hydrogen-bond acceptors (Lipinski definition) is 7. The number of carboxylic acids is 1. The van der Waals surface area contributed by atoms with Gasteiger partial charge in [0, 0.05) is 11.8 Å². The quantitative estimate of drug-likeness (QED) is 0.427. The van der Waals surface area contributed by atoms with Crippen LogP contribution < -0.4 is 0 Å². The van der Waals surface area contributed by atoms with Crippen LogP contribution in [0.25, 0.3) is 16.9 Å². The molecule has 11 heteroatoms. The van der Waals surface area contributed by atoms with Crippen molar-refractivity contribution in [2.45, 2.75) is 29.4 Å². The summed E-state index contributed by atoms with van der Waals surface area (Å²) in [6, 6.07) is 11.9. The second kappa shape index (κ2) is 8.41. The number of pyridine rings is 1. The summed E-state index contributed by atoms with van der Waals surface area (Å²) in [6.07, 6.45) is 4.42. The minimum absolute atomic E-state index is 0.0171. The predicted molar refractivity (Wildman–Crippen MR) is 119 cm³/mol. The maximum Gasteiger partial charge on any atom is 0.335 e. The third-order valence-electron chi connectivity index (χ3n) is 5.67. The van der Waals surface area contributed by atoms with Crippen molar-refractivity contribution in [2.24, 2.45) is 0 Å². The highest BCUT2D eigenvalue weighted by atomic mass is 32.2. The zero-order chi connectivity index (χ0) is 23.9. The van der Waals surface area contributed by atoms with Gasteiger partial charge in [0.25, 0.3) is 0 Å². The molecule has 1 N–H and O–H groups in total. The molecule has 1 saturated carbocycles. The first kappa shape index (κ1) is 21.8. The molecule has 5 rings (SSSR count). The standard InChI is InChI=1S/C23H18FN5O4S/c24-19-11-18(20-3-1-2-8-25-20)16(9-21(19)29-13-26-27-28-29)12-34(32,33)22-10-15(23(30)31)6-7-17(22)14-4-5-14/h1-3,6-11,13-14H,4-5,12H2,(H,30,31). The molecule has 172 valence electrons. The molecule has 1 aliphatic rings. The smallest absolute Gasteiger partial charge is 0.335 e. The van der Waals surface area contributed by atoms with E-state index in [1.165, 1.54) is 36.8 Å². The van der Waals surface area contributed by atoms with Crippen molar-refractivity contribution >= 4 is 15.8 Å². The molecule has 0 aliphatic heterocycles. The summed E-state index contributed by atoms with van der Waals surface area (Å²) in [5, 5.41) is 20.1. The van der Waals surface area contributed by atoms with Gasteiger partial charge < -0.3 is 5.11 Å². The van der Waals surface area contributed by atoms with Crippen molar-refractivity contribution in [3.63, 3.8) is 0 Å². The van der Waals surface area contributed by atoms with Crippen molar-refractivity contribution in [1.82, 2.24) is 25.2 Å². The summed E-state index contributed by atoms with van der Waals surface area (Å²) in [5.41, 5.74) is 1.47. The number of hydrogen-bond donors (Lipinski definition) is 1. The minimum Gasteiger partial charge on any atom is -0.478 e. The number of rotatable bonds is 7. The van der Waals surface area contributed by atoms with Crippen LogP contribution in [0.2, 0.25) is 0 Å². The second-order valence-electron chi connectivity index (χ2n) is 8.02. The zero-order valence-electron chi connectivity index (χ0n) is 17.7. The molecule has 0 saturated heterocycles. The Morgan fingerprint density at radius 2 is 1.97 bits per heavy atom. The normalized spacial score (nSPS) is 13.7. The van der Waals surface area contributed by atoms with Crippen LogP contribution in [0.1, 0.15) is 40.2 Å². The Bertz CT molecular complexity index is 1490. The van der Waals surface area contributed by atoms with Gasteiger partial charge in [0.15, 0.2) is 9.84 Å². The number of aromatic carboxylic acids is 1. The lowest BCUT2D eigenvalue weighted by molar-refractivity contribution is 0.0696. The van der Waals surface area contributed by atoms with E-state index in [1.807, 2.05) is 0 Å². The van der Waals surface area contributed by atoms with Gasteiger partial charge in [-0.15, -0.1) is 5.10 Å². The Hall–Kier alpha value is -3.99. The van der Waals surface area contributed by atoms with Crippen molar-refractivity contribution in [2.75, 3.05) is 0 Å². The van der Waals surface area contributed by atoms with Gasteiger partial charge in [-0.3, -0.25) is 4.98 Å². The maximum atomic E-state index is 15.0. The highest BCUT2D eigenvalue weighted by molar-refractivity contribution is 7.90. The summed E-state index contributed by atoms with van der Waals surface area (Å²) in [7, 11) is -4.01. The molecule has 0 spiro atoms. The predicted octanol–water partition coefficient (Wildman–Crippen LogP) is 3.41. The van der Waals surface area contributed by atoms with Gasteiger partial charge in [0.05, 0.1) is 21.9 Å². The molecule has 0 amide bonds. The number of sulfone groups is 1. The minimum atomic E-state index is -4.01. The van der Waals surface area contributed by atoms with Crippen LogP contribution in [-0.4, -0.2) is 44.7 Å². The van der Waals surface area contributed by atoms with Gasteiger partial charge in [-0.05, 0) is 76.7 Å². The van der Waals surface area contributed by atoms with Crippen LogP contribution in [0.5, 0.6) is 0 Å². The summed E-state index contributed by atoms with van der Waals surface area (Å²) < 4.78 is 43.4. The fourth-order valence-corrected chi connectivity index (χ4v) is 5.59. The zero-order valence-corrected chi connectivity index (χ0v) is 18.5. The highest BCUT2D eigenvalue weighted by Gasteiger charge is 2.32. The number of nitrogens with zero attached hydrogens (tertiary/aromatic N) is 5. The summed E-state index contributed by atoms with van der Waals surface area (Å²) in [4.78, 5) is 15.8. The molecule has 1 fully saturated rings. The second-order valence-corrected chi connectivity index (χ2v) is 9.98. The fourth-order valence-electron chi connectivity index (χ4n) is 3.88. The Kier molecular flexibility index (Phi) is 5.40. The Morgan fingerprint density at radius 1 is 1.15 bits per heavy atom. The van der Waals surface area contributed by atoms with E-state index in [2.05, 4.69) is 20.5 Å². The summed E-state index contributed by atoms with van der Waals surface area (Å²) in [5.74, 6) is -2.28. The van der Waals surface area contributed by atoms with Crippen molar-refractivity contribution in [1.29, 1.82) is 0 Å². The van der Waals surface area contributed by atoms with Crippen LogP contribution in [0.4, 0.5) is 4.39 Å². The number of aromatic nitrogens is 5. The van der Waals surface area contributed by atoms with E-state index in [4.69, 9.17) is 0 Å². The maximum absolute atomic E-state index is 15.0. The van der Waals surface area contributed by atoms with Gasteiger partial charge in [-0.2, -0.15) is 4.68 Å². The number of carboxylic acid groups (broad SMARTS) is 1. The molecule has 2 aromatic heterocycles. The average molecular weight is 479 g/mol.